The van der Waals surface area contributed by atoms with Crippen molar-refractivity contribution < 1.29 is 9.53 Å². The van der Waals surface area contributed by atoms with Crippen LogP contribution in [0, 0.1) is 0 Å². The highest BCUT2D eigenvalue weighted by Crippen LogP contribution is 2.31. The van der Waals surface area contributed by atoms with Crippen LogP contribution in [0.3, 0.4) is 0 Å². The molecule has 1 unspecified atom stereocenters. The predicted octanol–water partition coefficient (Wildman–Crippen LogP) is 4.15. The zero-order chi connectivity index (χ0) is 20.2. The first-order valence-corrected chi connectivity index (χ1v) is 10.3. The van der Waals surface area contributed by atoms with Crippen LogP contribution in [0.25, 0.3) is 10.9 Å². The van der Waals surface area contributed by atoms with Crippen molar-refractivity contribution >= 4 is 28.3 Å². The summed E-state index contributed by atoms with van der Waals surface area (Å²) in [7, 11) is 1.65. The number of aromatic nitrogens is 3. The summed E-state index contributed by atoms with van der Waals surface area (Å²) in [6.07, 6.45) is 2.71. The Kier molecular flexibility index (Phi) is 5.57. The van der Waals surface area contributed by atoms with Crippen molar-refractivity contribution in [2.45, 2.75) is 19.3 Å². The molecule has 0 fully saturated rings. The third-order valence-electron chi connectivity index (χ3n) is 5.08. The molecule has 2 N–H and O–H groups in total. The van der Waals surface area contributed by atoms with E-state index in [1.165, 1.54) is 0 Å². The molecule has 2 aromatic heterocycles. The van der Waals surface area contributed by atoms with Gasteiger partial charge in [0.05, 0.1) is 12.8 Å². The number of nitrogens with zero attached hydrogens (tertiary/aromatic N) is 2. The van der Waals surface area contributed by atoms with Crippen LogP contribution < -0.4 is 10.1 Å². The fourth-order valence-electron chi connectivity index (χ4n) is 3.51. The van der Waals surface area contributed by atoms with E-state index in [9.17, 15) is 4.79 Å². The Hall–Kier alpha value is -3.19. The molecule has 29 heavy (non-hydrogen) atoms. The molecule has 148 valence electrons. The van der Waals surface area contributed by atoms with Gasteiger partial charge in [-0.3, -0.25) is 4.79 Å². The first-order valence-electron chi connectivity index (χ1n) is 9.50. The van der Waals surface area contributed by atoms with E-state index >= 15 is 0 Å². The lowest BCUT2D eigenvalue weighted by molar-refractivity contribution is 0.0955. The number of amides is 1. The van der Waals surface area contributed by atoms with Crippen LogP contribution in [0.2, 0.25) is 0 Å². The van der Waals surface area contributed by atoms with Gasteiger partial charge in [0.1, 0.15) is 10.6 Å². The number of benzene rings is 2. The number of aryl methyl sites for hydroxylation is 1. The maximum absolute atomic E-state index is 12.7. The summed E-state index contributed by atoms with van der Waals surface area (Å²) in [6, 6.07) is 16.2. The monoisotopic (exact) mass is 406 g/mol. The quantitative estimate of drug-likeness (QED) is 0.483. The molecule has 1 amide bonds. The highest BCUT2D eigenvalue weighted by molar-refractivity contribution is 7.08. The molecule has 0 saturated carbocycles. The fraction of sp³-hybridized carbons (Fsp3) is 0.227. The molecule has 2 heterocycles. The second kappa shape index (κ2) is 8.45. The molecule has 0 saturated heterocycles. The van der Waals surface area contributed by atoms with E-state index in [-0.39, 0.29) is 11.8 Å². The summed E-state index contributed by atoms with van der Waals surface area (Å²) in [5, 5.41) is 8.28. The third kappa shape index (κ3) is 3.86. The molecule has 0 aliphatic rings. The number of fused-ring (bicyclic) bond motifs is 1. The Bertz CT molecular complexity index is 1120. The molecule has 0 aliphatic carbocycles. The van der Waals surface area contributed by atoms with Crippen LogP contribution in [0.15, 0.2) is 54.7 Å². The van der Waals surface area contributed by atoms with Crippen LogP contribution in [0.1, 0.15) is 39.3 Å². The van der Waals surface area contributed by atoms with Gasteiger partial charge < -0.3 is 15.0 Å². The van der Waals surface area contributed by atoms with Gasteiger partial charge in [-0.1, -0.05) is 41.7 Å². The van der Waals surface area contributed by atoms with Gasteiger partial charge in [0.25, 0.3) is 5.91 Å². The lowest BCUT2D eigenvalue weighted by atomic mass is 9.90. The Balaban J connectivity index is 1.65. The maximum atomic E-state index is 12.7. The summed E-state index contributed by atoms with van der Waals surface area (Å²) in [6.45, 7) is 2.44. The average Bonchev–Trinajstić information content (AvgIpc) is 3.41. The Morgan fingerprint density at radius 2 is 2.00 bits per heavy atom. The number of para-hydroxylation sites is 1. The van der Waals surface area contributed by atoms with Crippen molar-refractivity contribution in [2.75, 3.05) is 13.7 Å². The number of ether oxygens (including phenoxy) is 1. The average molecular weight is 407 g/mol. The Morgan fingerprint density at radius 3 is 2.76 bits per heavy atom. The number of hydrogen-bond acceptors (Lipinski definition) is 5. The van der Waals surface area contributed by atoms with Gasteiger partial charge in [-0.05, 0) is 47.3 Å². The van der Waals surface area contributed by atoms with E-state index in [0.717, 1.165) is 45.0 Å². The van der Waals surface area contributed by atoms with E-state index in [2.05, 4.69) is 32.0 Å². The van der Waals surface area contributed by atoms with E-state index in [4.69, 9.17) is 4.74 Å². The van der Waals surface area contributed by atoms with Gasteiger partial charge in [-0.2, -0.15) is 0 Å². The number of aromatic amines is 1. The van der Waals surface area contributed by atoms with Gasteiger partial charge in [0.2, 0.25) is 0 Å². The number of H-pyrrole nitrogens is 1. The van der Waals surface area contributed by atoms with Crippen LogP contribution in [0.5, 0.6) is 5.75 Å². The van der Waals surface area contributed by atoms with Crippen molar-refractivity contribution in [3.05, 3.63) is 76.4 Å². The lowest BCUT2D eigenvalue weighted by Crippen LogP contribution is -2.29. The normalized spacial score (nSPS) is 12.1. The molecule has 4 aromatic rings. The van der Waals surface area contributed by atoms with E-state index in [0.29, 0.717) is 17.8 Å². The van der Waals surface area contributed by atoms with Crippen LogP contribution in [0.4, 0.5) is 0 Å². The maximum Gasteiger partial charge on any atom is 0.264 e. The van der Waals surface area contributed by atoms with Crippen molar-refractivity contribution in [1.29, 1.82) is 0 Å². The van der Waals surface area contributed by atoms with Gasteiger partial charge >= 0.3 is 0 Å². The molecule has 0 spiro atoms. The topological polar surface area (TPSA) is 79.9 Å². The van der Waals surface area contributed by atoms with E-state index in [1.807, 2.05) is 49.5 Å². The molecule has 2 aromatic carbocycles. The zero-order valence-corrected chi connectivity index (χ0v) is 17.1. The van der Waals surface area contributed by atoms with Crippen molar-refractivity contribution in [1.82, 2.24) is 19.9 Å². The number of hydrogen-bond donors (Lipinski definition) is 2. The van der Waals surface area contributed by atoms with Crippen molar-refractivity contribution in [3.63, 3.8) is 0 Å². The lowest BCUT2D eigenvalue weighted by Gasteiger charge is -2.18. The molecule has 6 nitrogen and oxygen atoms in total. The summed E-state index contributed by atoms with van der Waals surface area (Å²) in [4.78, 5) is 16.7. The largest absolute Gasteiger partial charge is 0.497 e. The highest BCUT2D eigenvalue weighted by Gasteiger charge is 2.21. The van der Waals surface area contributed by atoms with Crippen LogP contribution in [-0.2, 0) is 6.42 Å². The Morgan fingerprint density at radius 1 is 1.21 bits per heavy atom. The zero-order valence-electron chi connectivity index (χ0n) is 16.3. The molecule has 0 bridgehead atoms. The second-order valence-electron chi connectivity index (χ2n) is 6.73. The number of carbonyl (C=O) groups is 1. The first-order chi connectivity index (χ1) is 14.2. The number of carbonyl (C=O) groups excluding carboxylic acids is 1. The minimum atomic E-state index is -0.129. The number of methoxy groups -OCH3 is 1. The van der Waals surface area contributed by atoms with Crippen LogP contribution in [-0.4, -0.2) is 34.1 Å². The molecular formula is C22H22N4O2S. The molecule has 0 radical (unpaired) electrons. The Labute approximate surface area is 173 Å². The molecular weight excluding hydrogens is 384 g/mol. The summed E-state index contributed by atoms with van der Waals surface area (Å²) < 4.78 is 9.22. The first kappa shape index (κ1) is 19.1. The predicted molar refractivity (Wildman–Crippen MR) is 115 cm³/mol. The SMILES string of the molecule is CCc1nnsc1C(=O)NCC(c1ccc(OC)cc1)c1c[nH]c2ccccc12. The minimum absolute atomic E-state index is 0.00744. The minimum Gasteiger partial charge on any atom is -0.497 e. The van der Waals surface area contributed by atoms with Gasteiger partial charge in [0.15, 0.2) is 0 Å². The highest BCUT2D eigenvalue weighted by atomic mass is 32.1. The third-order valence-corrected chi connectivity index (χ3v) is 5.85. The smallest absolute Gasteiger partial charge is 0.264 e. The van der Waals surface area contributed by atoms with Gasteiger partial charge in [0, 0.05) is 29.6 Å². The second-order valence-corrected chi connectivity index (χ2v) is 7.48. The summed E-state index contributed by atoms with van der Waals surface area (Å²) >= 11 is 1.14. The summed E-state index contributed by atoms with van der Waals surface area (Å²) in [5.41, 5.74) is 4.06. The van der Waals surface area contributed by atoms with E-state index < -0.39 is 0 Å². The molecule has 0 aliphatic heterocycles. The molecule has 7 heteroatoms. The summed E-state index contributed by atoms with van der Waals surface area (Å²) in [5.74, 6) is 0.668. The standard InChI is InChI=1S/C22H22N4O2S/c1-3-19-21(29-26-25-19)22(27)24-12-17(14-8-10-15(28-2)11-9-14)18-13-23-20-7-5-4-6-16(18)20/h4-11,13,17,23H,3,12H2,1-2H3,(H,24,27). The molecule has 1 atom stereocenters. The van der Waals surface area contributed by atoms with Gasteiger partial charge in [-0.15, -0.1) is 5.10 Å². The number of rotatable bonds is 7. The number of nitrogens with one attached hydrogen (secondary N) is 2. The van der Waals surface area contributed by atoms with E-state index in [1.54, 1.807) is 7.11 Å². The van der Waals surface area contributed by atoms with Crippen molar-refractivity contribution in [3.8, 4) is 5.75 Å². The van der Waals surface area contributed by atoms with Crippen molar-refractivity contribution in [2.24, 2.45) is 0 Å². The van der Waals surface area contributed by atoms with Gasteiger partial charge in [-0.25, -0.2) is 0 Å². The van der Waals surface area contributed by atoms with Crippen LogP contribution >= 0.6 is 11.5 Å². The molecule has 4 rings (SSSR count). The fourth-order valence-corrected chi connectivity index (χ4v) is 4.18.